The lowest BCUT2D eigenvalue weighted by molar-refractivity contribution is 0.115. The molecule has 1 aliphatic rings. The van der Waals surface area contributed by atoms with E-state index in [-0.39, 0.29) is 22.6 Å². The summed E-state index contributed by atoms with van der Waals surface area (Å²) in [7, 11) is -0.506. The minimum atomic E-state index is -3.73. The van der Waals surface area contributed by atoms with E-state index in [2.05, 4.69) is 5.32 Å². The molecule has 0 radical (unpaired) electrons. The summed E-state index contributed by atoms with van der Waals surface area (Å²) in [6.45, 7) is 0.941. The number of benzene rings is 1. The number of hydrogen-bond acceptors (Lipinski definition) is 4. The van der Waals surface area contributed by atoms with Crippen LogP contribution in [-0.4, -0.2) is 46.1 Å². The third-order valence-corrected chi connectivity index (χ3v) is 5.79. The molecule has 1 saturated heterocycles. The number of methoxy groups -OCH3 is 1. The van der Waals surface area contributed by atoms with Gasteiger partial charge in [-0.2, -0.15) is 4.31 Å². The van der Waals surface area contributed by atoms with E-state index in [0.717, 1.165) is 6.07 Å². The van der Waals surface area contributed by atoms with Crippen LogP contribution < -0.4 is 5.32 Å². The van der Waals surface area contributed by atoms with E-state index in [1.54, 1.807) is 14.2 Å². The summed E-state index contributed by atoms with van der Waals surface area (Å²) in [5.74, 6) is -0.731. The zero-order chi connectivity index (χ0) is 15.6. The zero-order valence-corrected chi connectivity index (χ0v) is 13.5. The Kier molecular flexibility index (Phi) is 5.21. The maximum absolute atomic E-state index is 13.9. The second kappa shape index (κ2) is 6.58. The van der Waals surface area contributed by atoms with E-state index >= 15 is 0 Å². The van der Waals surface area contributed by atoms with Gasteiger partial charge in [-0.05, 0) is 31.2 Å². The molecule has 1 aromatic carbocycles. The van der Waals surface area contributed by atoms with Gasteiger partial charge in [-0.25, -0.2) is 12.8 Å². The highest BCUT2D eigenvalue weighted by atomic mass is 35.5. The highest BCUT2D eigenvalue weighted by Gasteiger charge is 2.33. The Hall–Kier alpha value is -0.730. The van der Waals surface area contributed by atoms with Crippen LogP contribution in [-0.2, 0) is 21.3 Å². The number of halogens is 2. The lowest BCUT2D eigenvalue weighted by atomic mass is 10.2. The van der Waals surface area contributed by atoms with Crippen molar-refractivity contribution >= 4 is 21.6 Å². The molecule has 1 heterocycles. The van der Waals surface area contributed by atoms with Crippen molar-refractivity contribution in [2.75, 3.05) is 27.2 Å². The highest BCUT2D eigenvalue weighted by Crippen LogP contribution is 2.28. The predicted octanol–water partition coefficient (Wildman–Crippen LogP) is 1.61. The quantitative estimate of drug-likeness (QED) is 0.887. The zero-order valence-electron chi connectivity index (χ0n) is 11.9. The van der Waals surface area contributed by atoms with Gasteiger partial charge >= 0.3 is 0 Å². The smallest absolute Gasteiger partial charge is 0.243 e. The van der Waals surface area contributed by atoms with Crippen LogP contribution in [0.25, 0.3) is 0 Å². The van der Waals surface area contributed by atoms with E-state index in [4.69, 9.17) is 16.3 Å². The van der Waals surface area contributed by atoms with E-state index < -0.39 is 15.8 Å². The summed E-state index contributed by atoms with van der Waals surface area (Å²) in [6.07, 6.45) is 0.517. The molecule has 0 bridgehead atoms. The molecule has 1 aromatic rings. The summed E-state index contributed by atoms with van der Waals surface area (Å²) in [4.78, 5) is -0.0774. The second-order valence-corrected chi connectivity index (χ2v) is 7.23. The minimum absolute atomic E-state index is 0.0560. The van der Waals surface area contributed by atoms with E-state index in [0.29, 0.717) is 25.1 Å². The molecule has 0 saturated carbocycles. The Morgan fingerprint density at radius 1 is 1.52 bits per heavy atom. The van der Waals surface area contributed by atoms with Crippen molar-refractivity contribution in [2.24, 2.45) is 0 Å². The highest BCUT2D eigenvalue weighted by molar-refractivity contribution is 7.89. The van der Waals surface area contributed by atoms with E-state index in [1.165, 1.54) is 10.4 Å². The van der Waals surface area contributed by atoms with Crippen molar-refractivity contribution in [2.45, 2.75) is 24.0 Å². The lowest BCUT2D eigenvalue weighted by Gasteiger charge is -2.17. The Morgan fingerprint density at radius 3 is 2.81 bits per heavy atom. The summed E-state index contributed by atoms with van der Waals surface area (Å²) in [6, 6.07) is 2.38. The first-order valence-corrected chi connectivity index (χ1v) is 8.37. The molecular weight excluding hydrogens is 319 g/mol. The number of hydrogen-bond donors (Lipinski definition) is 1. The summed E-state index contributed by atoms with van der Waals surface area (Å²) in [5.41, 5.74) is 0.417. The lowest BCUT2D eigenvalue weighted by Crippen LogP contribution is -2.30. The van der Waals surface area contributed by atoms with E-state index in [1.807, 2.05) is 0 Å². The number of sulfonamides is 1. The van der Waals surface area contributed by atoms with Crippen LogP contribution in [0.2, 0.25) is 5.02 Å². The average molecular weight is 337 g/mol. The van der Waals surface area contributed by atoms with Crippen molar-refractivity contribution in [3.8, 4) is 0 Å². The fourth-order valence-electron chi connectivity index (χ4n) is 2.34. The van der Waals surface area contributed by atoms with Crippen LogP contribution in [0.4, 0.5) is 4.39 Å². The van der Waals surface area contributed by atoms with Crippen LogP contribution in [0.3, 0.4) is 0 Å². The number of nitrogens with zero attached hydrogens (tertiary/aromatic N) is 1. The minimum Gasteiger partial charge on any atom is -0.380 e. The van der Waals surface area contributed by atoms with Gasteiger partial charge in [0.1, 0.15) is 5.82 Å². The second-order valence-electron chi connectivity index (χ2n) is 4.92. The van der Waals surface area contributed by atoms with Crippen molar-refractivity contribution < 1.29 is 17.5 Å². The van der Waals surface area contributed by atoms with Crippen LogP contribution in [0.15, 0.2) is 17.0 Å². The predicted molar refractivity (Wildman–Crippen MR) is 78.3 cm³/mol. The molecule has 21 heavy (non-hydrogen) atoms. The monoisotopic (exact) mass is 336 g/mol. The molecule has 0 amide bonds. The fraction of sp³-hybridized carbons (Fsp3) is 0.538. The maximum atomic E-state index is 13.9. The SMILES string of the molecule is CNCc1cc(S(=O)(=O)N2CCC(OC)C2)cc(F)c1Cl. The Morgan fingerprint density at radius 2 is 2.24 bits per heavy atom. The molecule has 0 spiro atoms. The molecular formula is C13H18ClFN2O3S. The van der Waals surface area contributed by atoms with Gasteiger partial charge in [0.2, 0.25) is 10.0 Å². The fourth-order valence-corrected chi connectivity index (χ4v) is 4.07. The molecule has 0 aliphatic carbocycles. The van der Waals surface area contributed by atoms with Gasteiger partial charge in [0.25, 0.3) is 0 Å². The molecule has 1 aliphatic heterocycles. The van der Waals surface area contributed by atoms with Gasteiger partial charge < -0.3 is 10.1 Å². The van der Waals surface area contributed by atoms with Crippen molar-refractivity contribution in [3.63, 3.8) is 0 Å². The molecule has 5 nitrogen and oxygen atoms in total. The van der Waals surface area contributed by atoms with Crippen molar-refractivity contribution in [1.82, 2.24) is 9.62 Å². The third kappa shape index (κ3) is 3.37. The third-order valence-electron chi connectivity index (χ3n) is 3.52. The van der Waals surface area contributed by atoms with Crippen LogP contribution >= 0.6 is 11.6 Å². The van der Waals surface area contributed by atoms with Crippen LogP contribution in [0.1, 0.15) is 12.0 Å². The molecule has 2 rings (SSSR count). The Balaban J connectivity index is 2.36. The molecule has 8 heteroatoms. The Bertz CT molecular complexity index is 624. The number of ether oxygens (including phenoxy) is 1. The average Bonchev–Trinajstić information content (AvgIpc) is 2.93. The first-order valence-electron chi connectivity index (χ1n) is 6.55. The van der Waals surface area contributed by atoms with Crippen LogP contribution in [0.5, 0.6) is 0 Å². The first-order chi connectivity index (χ1) is 9.90. The van der Waals surface area contributed by atoms with Gasteiger partial charge in [-0.3, -0.25) is 0 Å². The number of nitrogens with one attached hydrogen (secondary N) is 1. The first kappa shape index (κ1) is 16.6. The van der Waals surface area contributed by atoms with Gasteiger partial charge in [-0.15, -0.1) is 0 Å². The number of rotatable bonds is 5. The normalized spacial score (nSPS) is 20.1. The van der Waals surface area contributed by atoms with E-state index in [9.17, 15) is 12.8 Å². The van der Waals surface area contributed by atoms with Gasteiger partial charge in [0, 0.05) is 26.7 Å². The largest absolute Gasteiger partial charge is 0.380 e. The van der Waals surface area contributed by atoms with Gasteiger partial charge in [0.15, 0.2) is 0 Å². The topological polar surface area (TPSA) is 58.6 Å². The molecule has 118 valence electrons. The Labute approximate surface area is 129 Å². The summed E-state index contributed by atoms with van der Waals surface area (Å²) >= 11 is 5.86. The molecule has 0 aromatic heterocycles. The summed E-state index contributed by atoms with van der Waals surface area (Å²) in [5, 5.41) is 2.78. The van der Waals surface area contributed by atoms with Crippen molar-refractivity contribution in [1.29, 1.82) is 0 Å². The molecule has 1 N–H and O–H groups in total. The molecule has 1 atom stereocenters. The molecule has 1 unspecified atom stereocenters. The standard InChI is InChI=1S/C13H18ClFN2O3S/c1-16-7-9-5-11(6-12(15)13(9)14)21(18,19)17-4-3-10(8-17)20-2/h5-6,10,16H,3-4,7-8H2,1-2H3. The maximum Gasteiger partial charge on any atom is 0.243 e. The van der Waals surface area contributed by atoms with Gasteiger partial charge in [-0.1, -0.05) is 11.6 Å². The van der Waals surface area contributed by atoms with Gasteiger partial charge in [0.05, 0.1) is 16.0 Å². The summed E-state index contributed by atoms with van der Waals surface area (Å²) < 4.78 is 45.4. The van der Waals surface area contributed by atoms with Crippen molar-refractivity contribution in [3.05, 3.63) is 28.5 Å². The molecule has 1 fully saturated rings. The van der Waals surface area contributed by atoms with Crippen LogP contribution in [0, 0.1) is 5.82 Å².